The van der Waals surface area contributed by atoms with E-state index in [9.17, 15) is 9.59 Å². The molecule has 0 aliphatic carbocycles. The van der Waals surface area contributed by atoms with Gasteiger partial charge >= 0.3 is 0 Å². The lowest BCUT2D eigenvalue weighted by Gasteiger charge is -2.05. The lowest BCUT2D eigenvalue weighted by atomic mass is 10.0. The van der Waals surface area contributed by atoms with E-state index >= 15 is 0 Å². The summed E-state index contributed by atoms with van der Waals surface area (Å²) in [5, 5.41) is 3.87. The molecule has 0 saturated heterocycles. The van der Waals surface area contributed by atoms with E-state index in [0.29, 0.717) is 15.4 Å². The summed E-state index contributed by atoms with van der Waals surface area (Å²) in [6.07, 6.45) is 0. The molecule has 0 aliphatic rings. The number of carbonyl (C=O) groups excluding carboxylic acids is 1. The van der Waals surface area contributed by atoms with Crippen LogP contribution < -0.4 is 10.9 Å². The molecule has 0 atom stereocenters. The number of aryl methyl sites for hydroxylation is 1. The maximum Gasteiger partial charge on any atom is 0.260 e. The Labute approximate surface area is 169 Å². The molecule has 0 aliphatic heterocycles. The number of hydrogen-bond donors (Lipinski definition) is 2. The Balaban J connectivity index is 1.57. The second kappa shape index (κ2) is 8.00. The number of rotatable bonds is 5. The maximum atomic E-state index is 12.7. The van der Waals surface area contributed by atoms with Gasteiger partial charge in [0.15, 0.2) is 5.16 Å². The second-order valence-electron chi connectivity index (χ2n) is 6.15. The third kappa shape index (κ3) is 3.85. The van der Waals surface area contributed by atoms with Crippen molar-refractivity contribution in [3.63, 3.8) is 0 Å². The Morgan fingerprint density at radius 3 is 2.50 bits per heavy atom. The van der Waals surface area contributed by atoms with E-state index in [-0.39, 0.29) is 17.2 Å². The molecule has 0 spiro atoms. The molecule has 0 fully saturated rings. The zero-order chi connectivity index (χ0) is 19.5. The molecule has 140 valence electrons. The van der Waals surface area contributed by atoms with Crippen molar-refractivity contribution in [3.8, 4) is 11.1 Å². The van der Waals surface area contributed by atoms with Gasteiger partial charge in [-0.15, -0.1) is 11.3 Å². The van der Waals surface area contributed by atoms with Gasteiger partial charge < -0.3 is 10.3 Å². The summed E-state index contributed by atoms with van der Waals surface area (Å²) < 4.78 is 0. The summed E-state index contributed by atoms with van der Waals surface area (Å²) in [5.74, 6) is 0.0190. The van der Waals surface area contributed by atoms with Gasteiger partial charge in [0.2, 0.25) is 5.91 Å². The van der Waals surface area contributed by atoms with Crippen LogP contribution in [0.1, 0.15) is 4.88 Å². The predicted octanol–water partition coefficient (Wildman–Crippen LogP) is 4.69. The molecule has 1 amide bonds. The van der Waals surface area contributed by atoms with Gasteiger partial charge in [-0.05, 0) is 24.6 Å². The maximum absolute atomic E-state index is 12.7. The van der Waals surface area contributed by atoms with Gasteiger partial charge in [0.25, 0.3) is 5.56 Å². The minimum atomic E-state index is -0.181. The van der Waals surface area contributed by atoms with Gasteiger partial charge in [-0.1, -0.05) is 60.3 Å². The van der Waals surface area contributed by atoms with Crippen LogP contribution in [0.15, 0.2) is 70.6 Å². The first-order valence-electron chi connectivity index (χ1n) is 8.68. The zero-order valence-electron chi connectivity index (χ0n) is 15.1. The van der Waals surface area contributed by atoms with E-state index in [1.54, 1.807) is 0 Å². The fourth-order valence-corrected chi connectivity index (χ4v) is 4.74. The summed E-state index contributed by atoms with van der Waals surface area (Å²) in [7, 11) is 0. The van der Waals surface area contributed by atoms with Crippen molar-refractivity contribution >= 4 is 44.9 Å². The van der Waals surface area contributed by atoms with Crippen molar-refractivity contribution in [1.29, 1.82) is 0 Å². The molecule has 0 saturated carbocycles. The Bertz CT molecular complexity index is 1180. The molecule has 0 radical (unpaired) electrons. The smallest absolute Gasteiger partial charge is 0.260 e. The number of aromatic amines is 1. The van der Waals surface area contributed by atoms with Crippen LogP contribution in [-0.2, 0) is 4.79 Å². The fourth-order valence-electron chi connectivity index (χ4n) is 2.97. The SMILES string of the molecule is Cc1sc2nc(SCC(=O)Nc3ccccc3)[nH]c(=O)c2c1-c1ccccc1. The molecule has 4 aromatic rings. The van der Waals surface area contributed by atoms with E-state index in [1.807, 2.05) is 67.6 Å². The zero-order valence-corrected chi connectivity index (χ0v) is 16.7. The van der Waals surface area contributed by atoms with Crippen molar-refractivity contribution in [2.24, 2.45) is 0 Å². The van der Waals surface area contributed by atoms with Crippen LogP contribution in [0.5, 0.6) is 0 Å². The standard InChI is InChI=1S/C21H17N3O2S2/c1-13-17(14-8-4-2-5-9-14)18-19(26)23-21(24-20(18)28-13)27-12-16(25)22-15-10-6-3-7-11-15/h2-11H,12H2,1H3,(H,22,25)(H,23,24,26). The summed E-state index contributed by atoms with van der Waals surface area (Å²) in [6, 6.07) is 19.1. The minimum Gasteiger partial charge on any atom is -0.325 e. The molecule has 0 bridgehead atoms. The number of H-pyrrole nitrogens is 1. The third-order valence-electron chi connectivity index (χ3n) is 4.18. The third-order valence-corrected chi connectivity index (χ3v) is 6.05. The minimum absolute atomic E-state index is 0.147. The topological polar surface area (TPSA) is 74.8 Å². The quantitative estimate of drug-likeness (QED) is 0.372. The molecule has 0 unspecified atom stereocenters. The number of fused-ring (bicyclic) bond motifs is 1. The van der Waals surface area contributed by atoms with Crippen LogP contribution in [0.4, 0.5) is 5.69 Å². The lowest BCUT2D eigenvalue weighted by Crippen LogP contribution is -2.15. The number of carbonyl (C=O) groups is 1. The Kier molecular flexibility index (Phi) is 5.27. The van der Waals surface area contributed by atoms with Crippen molar-refractivity contribution < 1.29 is 4.79 Å². The second-order valence-corrected chi connectivity index (χ2v) is 8.32. The molecular weight excluding hydrogens is 390 g/mol. The lowest BCUT2D eigenvalue weighted by molar-refractivity contribution is -0.113. The summed E-state index contributed by atoms with van der Waals surface area (Å²) >= 11 is 2.71. The summed E-state index contributed by atoms with van der Waals surface area (Å²) in [4.78, 5) is 34.0. The summed E-state index contributed by atoms with van der Waals surface area (Å²) in [5.41, 5.74) is 2.49. The predicted molar refractivity (Wildman–Crippen MR) is 116 cm³/mol. The van der Waals surface area contributed by atoms with Crippen molar-refractivity contribution in [2.45, 2.75) is 12.1 Å². The molecular formula is C21H17N3O2S2. The first-order valence-corrected chi connectivity index (χ1v) is 10.5. The number of thiophene rings is 1. The van der Waals surface area contributed by atoms with Crippen molar-refractivity contribution in [3.05, 3.63) is 75.9 Å². The highest BCUT2D eigenvalue weighted by atomic mass is 32.2. The number of hydrogen-bond acceptors (Lipinski definition) is 5. The highest BCUT2D eigenvalue weighted by Crippen LogP contribution is 2.35. The number of benzene rings is 2. The van der Waals surface area contributed by atoms with Gasteiger partial charge in [-0.2, -0.15) is 0 Å². The molecule has 7 heteroatoms. The Hall–Kier alpha value is -2.90. The Morgan fingerprint density at radius 1 is 1.11 bits per heavy atom. The average molecular weight is 408 g/mol. The normalized spacial score (nSPS) is 10.9. The van der Waals surface area contributed by atoms with Crippen molar-refractivity contribution in [2.75, 3.05) is 11.1 Å². The molecule has 5 nitrogen and oxygen atoms in total. The number of amides is 1. The van der Waals surface area contributed by atoms with E-state index < -0.39 is 0 Å². The first-order chi connectivity index (χ1) is 13.6. The highest BCUT2D eigenvalue weighted by Gasteiger charge is 2.17. The van der Waals surface area contributed by atoms with Crippen molar-refractivity contribution in [1.82, 2.24) is 9.97 Å². The number of nitrogens with zero attached hydrogens (tertiary/aromatic N) is 1. The first kappa shape index (κ1) is 18.5. The van der Waals surface area contributed by atoms with Gasteiger partial charge in [0, 0.05) is 16.1 Å². The Morgan fingerprint density at radius 2 is 1.79 bits per heavy atom. The monoisotopic (exact) mass is 407 g/mol. The summed E-state index contributed by atoms with van der Waals surface area (Å²) in [6.45, 7) is 1.99. The van der Waals surface area contributed by atoms with Gasteiger partial charge in [0.1, 0.15) is 4.83 Å². The number of nitrogens with one attached hydrogen (secondary N) is 2. The molecule has 28 heavy (non-hydrogen) atoms. The van der Waals surface area contributed by atoms with E-state index in [2.05, 4.69) is 15.3 Å². The van der Waals surface area contributed by atoms with Crippen LogP contribution >= 0.6 is 23.1 Å². The molecule has 2 heterocycles. The van der Waals surface area contributed by atoms with Crippen LogP contribution in [0.3, 0.4) is 0 Å². The molecule has 4 rings (SSSR count). The van der Waals surface area contributed by atoms with Gasteiger partial charge in [-0.3, -0.25) is 9.59 Å². The van der Waals surface area contributed by atoms with Crippen LogP contribution in [0.2, 0.25) is 0 Å². The van der Waals surface area contributed by atoms with E-state index in [4.69, 9.17) is 0 Å². The number of aromatic nitrogens is 2. The van der Waals surface area contributed by atoms with Crippen LogP contribution in [0, 0.1) is 6.92 Å². The van der Waals surface area contributed by atoms with E-state index in [0.717, 1.165) is 21.7 Å². The van der Waals surface area contributed by atoms with Crippen LogP contribution in [0.25, 0.3) is 21.3 Å². The number of thioether (sulfide) groups is 1. The fraction of sp³-hybridized carbons (Fsp3) is 0.0952. The highest BCUT2D eigenvalue weighted by molar-refractivity contribution is 7.99. The van der Waals surface area contributed by atoms with Gasteiger partial charge in [0.05, 0.1) is 11.1 Å². The molecule has 2 aromatic heterocycles. The molecule has 2 N–H and O–H groups in total. The van der Waals surface area contributed by atoms with Gasteiger partial charge in [-0.25, -0.2) is 4.98 Å². The molecule has 2 aromatic carbocycles. The number of para-hydroxylation sites is 1. The number of anilines is 1. The van der Waals surface area contributed by atoms with Crippen LogP contribution in [-0.4, -0.2) is 21.6 Å². The average Bonchev–Trinajstić information content (AvgIpc) is 3.04. The largest absolute Gasteiger partial charge is 0.325 e. The van der Waals surface area contributed by atoms with E-state index in [1.165, 1.54) is 23.1 Å².